The van der Waals surface area contributed by atoms with Gasteiger partial charge in [0.1, 0.15) is 0 Å². The molecule has 8 aromatic rings. The van der Waals surface area contributed by atoms with E-state index in [1.54, 1.807) is 0 Å². The number of rotatable bonds is 7. The fraction of sp³-hybridized carbons (Fsp3) is 0.0769. The van der Waals surface area contributed by atoms with Crippen LogP contribution in [0.1, 0.15) is 18.4 Å². The first-order valence-electron chi connectivity index (χ1n) is 19.3. The van der Waals surface area contributed by atoms with Crippen molar-refractivity contribution in [3.05, 3.63) is 224 Å². The van der Waals surface area contributed by atoms with Gasteiger partial charge in [0.25, 0.3) is 0 Å². The topological polar surface area (TPSA) is 9.72 Å². The smallest absolute Gasteiger partial charge is 0.0482 e. The Labute approximate surface area is 324 Å². The predicted molar refractivity (Wildman–Crippen MR) is 235 cm³/mol. The van der Waals surface area contributed by atoms with Crippen LogP contribution in [-0.2, 0) is 6.42 Å². The van der Waals surface area contributed by atoms with Gasteiger partial charge < -0.3 is 14.7 Å². The van der Waals surface area contributed by atoms with E-state index in [1.165, 1.54) is 32.8 Å². The highest BCUT2D eigenvalue weighted by molar-refractivity contribution is 5.90. The summed E-state index contributed by atoms with van der Waals surface area (Å²) in [5, 5.41) is 4.92. The summed E-state index contributed by atoms with van der Waals surface area (Å²) in [4.78, 5) is 7.28. The average Bonchev–Trinajstić information content (AvgIpc) is 3.29. The van der Waals surface area contributed by atoms with E-state index in [-0.39, 0.29) is 0 Å². The lowest BCUT2D eigenvalue weighted by Gasteiger charge is -2.31. The monoisotopic (exact) mass is 709 g/mol. The number of allylic oxidation sites excluding steroid dienone is 2. The molecule has 0 saturated carbocycles. The van der Waals surface area contributed by atoms with Gasteiger partial charge in [-0.25, -0.2) is 0 Å². The van der Waals surface area contributed by atoms with E-state index in [1.807, 2.05) is 0 Å². The van der Waals surface area contributed by atoms with Crippen molar-refractivity contribution in [1.82, 2.24) is 0 Å². The maximum Gasteiger partial charge on any atom is 0.0482 e. The van der Waals surface area contributed by atoms with Crippen molar-refractivity contribution in [3.63, 3.8) is 0 Å². The van der Waals surface area contributed by atoms with Crippen molar-refractivity contribution in [1.29, 1.82) is 0 Å². The van der Waals surface area contributed by atoms with Crippen molar-refractivity contribution in [2.45, 2.75) is 19.3 Å². The van der Waals surface area contributed by atoms with Crippen LogP contribution in [0.2, 0.25) is 0 Å². The molecule has 0 aromatic heterocycles. The summed E-state index contributed by atoms with van der Waals surface area (Å²) in [5.41, 5.74) is 10.5. The molecule has 0 radical (unpaired) electrons. The van der Waals surface area contributed by atoms with Crippen LogP contribution >= 0.6 is 0 Å². The number of aryl methyl sites for hydroxylation is 1. The summed E-state index contributed by atoms with van der Waals surface area (Å²) >= 11 is 0. The van der Waals surface area contributed by atoms with Gasteiger partial charge in [0.2, 0.25) is 0 Å². The second kappa shape index (κ2) is 15.6. The van der Waals surface area contributed by atoms with Crippen LogP contribution in [0, 0.1) is 0 Å². The van der Waals surface area contributed by atoms with E-state index in [0.29, 0.717) is 6.54 Å². The second-order valence-corrected chi connectivity index (χ2v) is 14.1. The van der Waals surface area contributed by atoms with Gasteiger partial charge in [0.05, 0.1) is 0 Å². The number of benzene rings is 8. The van der Waals surface area contributed by atoms with Gasteiger partial charge >= 0.3 is 0 Å². The van der Waals surface area contributed by atoms with Crippen molar-refractivity contribution in [3.8, 4) is 0 Å². The van der Waals surface area contributed by atoms with Crippen LogP contribution in [0.4, 0.5) is 39.8 Å². The van der Waals surface area contributed by atoms with Crippen molar-refractivity contribution in [2.24, 2.45) is 0 Å². The van der Waals surface area contributed by atoms with E-state index in [0.717, 1.165) is 59.1 Å². The quantitative estimate of drug-likeness (QED) is 0.163. The highest BCUT2D eigenvalue weighted by Crippen LogP contribution is 2.41. The second-order valence-electron chi connectivity index (χ2n) is 14.1. The molecule has 0 unspecified atom stereocenters. The molecule has 0 aliphatic carbocycles. The van der Waals surface area contributed by atoms with Gasteiger partial charge in [-0.05, 0) is 131 Å². The molecule has 0 bridgehead atoms. The Morgan fingerprint density at radius 1 is 0.418 bits per heavy atom. The molecule has 266 valence electrons. The third-order valence-corrected chi connectivity index (χ3v) is 10.5. The molecule has 0 fully saturated rings. The van der Waals surface area contributed by atoms with Crippen molar-refractivity contribution in [2.75, 3.05) is 21.2 Å². The fourth-order valence-electron chi connectivity index (χ4n) is 7.82. The lowest BCUT2D eigenvalue weighted by Crippen LogP contribution is -2.22. The zero-order chi connectivity index (χ0) is 36.8. The van der Waals surface area contributed by atoms with E-state index in [2.05, 4.69) is 227 Å². The fourth-order valence-corrected chi connectivity index (χ4v) is 7.82. The molecule has 0 spiro atoms. The minimum atomic E-state index is 0.679. The summed E-state index contributed by atoms with van der Waals surface area (Å²) < 4.78 is 0. The molecule has 0 atom stereocenters. The van der Waals surface area contributed by atoms with Crippen LogP contribution in [0.25, 0.3) is 21.5 Å². The molecule has 0 N–H and O–H groups in total. The van der Waals surface area contributed by atoms with E-state index < -0.39 is 0 Å². The SMILES string of the molecule is C1=C\C(N(c2ccccc2)c2ccc3ccccc3c2)=C/CN(c2ccccc2)c2cc(N(c3ccccc3)c3ccc4ccccc4c3)ccc2CCC/1. The largest absolute Gasteiger partial charge is 0.337 e. The third kappa shape index (κ3) is 7.25. The number of anilines is 7. The summed E-state index contributed by atoms with van der Waals surface area (Å²) in [7, 11) is 0. The van der Waals surface area contributed by atoms with Crippen LogP contribution in [0.15, 0.2) is 218 Å². The van der Waals surface area contributed by atoms with Crippen LogP contribution < -0.4 is 14.7 Å². The van der Waals surface area contributed by atoms with E-state index in [4.69, 9.17) is 0 Å². The van der Waals surface area contributed by atoms with Gasteiger partial charge in [0.15, 0.2) is 0 Å². The van der Waals surface area contributed by atoms with E-state index >= 15 is 0 Å². The number of para-hydroxylation sites is 3. The summed E-state index contributed by atoms with van der Waals surface area (Å²) in [6.07, 6.45) is 10.1. The highest BCUT2D eigenvalue weighted by atomic mass is 15.2. The van der Waals surface area contributed by atoms with Crippen molar-refractivity contribution >= 4 is 61.4 Å². The number of hydrogen-bond donors (Lipinski definition) is 0. The Hall–Kier alpha value is -6.84. The van der Waals surface area contributed by atoms with Crippen LogP contribution in [0.3, 0.4) is 0 Å². The normalized spacial score (nSPS) is 14.7. The lowest BCUT2D eigenvalue weighted by atomic mass is 10.0. The molecule has 8 aromatic carbocycles. The van der Waals surface area contributed by atoms with Gasteiger partial charge in [-0.2, -0.15) is 0 Å². The Morgan fingerprint density at radius 3 is 1.56 bits per heavy atom. The predicted octanol–water partition coefficient (Wildman–Crippen LogP) is 14.2. The third-order valence-electron chi connectivity index (χ3n) is 10.5. The lowest BCUT2D eigenvalue weighted by molar-refractivity contribution is 0.839. The summed E-state index contributed by atoms with van der Waals surface area (Å²) in [5.74, 6) is 0. The first-order chi connectivity index (χ1) is 27.3. The maximum atomic E-state index is 2.49. The number of hydrogen-bond acceptors (Lipinski definition) is 3. The Kier molecular flexibility index (Phi) is 9.66. The number of fused-ring (bicyclic) bond motifs is 3. The van der Waals surface area contributed by atoms with Crippen molar-refractivity contribution < 1.29 is 0 Å². The number of nitrogens with zero attached hydrogens (tertiary/aromatic N) is 3. The first-order valence-corrected chi connectivity index (χ1v) is 19.3. The average molecular weight is 710 g/mol. The highest BCUT2D eigenvalue weighted by Gasteiger charge is 2.21. The Morgan fingerprint density at radius 2 is 0.927 bits per heavy atom. The minimum absolute atomic E-state index is 0.679. The zero-order valence-electron chi connectivity index (χ0n) is 30.9. The van der Waals surface area contributed by atoms with E-state index in [9.17, 15) is 0 Å². The Balaban J connectivity index is 1.19. The summed E-state index contributed by atoms with van der Waals surface area (Å²) in [6, 6.07) is 70.2. The Bertz CT molecular complexity index is 2610. The van der Waals surface area contributed by atoms with Gasteiger partial charge in [0, 0.05) is 52.1 Å². The molecular formula is C52H43N3. The van der Waals surface area contributed by atoms with Gasteiger partial charge in [-0.15, -0.1) is 0 Å². The molecule has 3 nitrogen and oxygen atoms in total. The molecule has 9 rings (SSSR count). The van der Waals surface area contributed by atoms with Crippen LogP contribution in [-0.4, -0.2) is 6.54 Å². The molecular weight excluding hydrogens is 667 g/mol. The zero-order valence-corrected chi connectivity index (χ0v) is 30.9. The van der Waals surface area contributed by atoms with Crippen LogP contribution in [0.5, 0.6) is 0 Å². The molecule has 55 heavy (non-hydrogen) atoms. The van der Waals surface area contributed by atoms with Gasteiger partial charge in [-0.3, -0.25) is 0 Å². The van der Waals surface area contributed by atoms with Gasteiger partial charge in [-0.1, -0.05) is 127 Å². The summed E-state index contributed by atoms with van der Waals surface area (Å²) in [6.45, 7) is 0.679. The molecule has 0 amide bonds. The molecule has 1 aliphatic heterocycles. The maximum absolute atomic E-state index is 2.49. The molecule has 1 heterocycles. The molecule has 3 heteroatoms. The minimum Gasteiger partial charge on any atom is -0.337 e. The molecule has 1 aliphatic rings. The first kappa shape index (κ1) is 34.0. The standard InChI is InChI=1S/C52H43N3/c1-5-19-42-31-34-51(55(47-26-11-4-12-27-47)50-33-30-41-18-14-16-21-44(41)38-50)39-52(42)53(45-22-6-2-7-23-45)36-35-48(28-8-1)54(46-24-9-3-10-25-46)49-32-29-40-17-13-15-20-43(40)37-49/h2-4,6-18,20-35,37-39H,1,5,19,36H2/b28-8-,48-35+. The molecule has 0 saturated heterocycles.